The molecule has 0 bridgehead atoms. The van der Waals surface area contributed by atoms with Crippen LogP contribution in [-0.2, 0) is 26.1 Å². The number of hydrogen-bond acceptors (Lipinski definition) is 7. The van der Waals surface area contributed by atoms with Crippen LogP contribution in [-0.4, -0.2) is 36.5 Å². The lowest BCUT2D eigenvalue weighted by molar-refractivity contribution is -0.268. The van der Waals surface area contributed by atoms with E-state index in [-0.39, 0.29) is 35.2 Å². The number of carboxylic acid groups (broad SMARTS) is 1. The van der Waals surface area contributed by atoms with Gasteiger partial charge in [0.15, 0.2) is 6.29 Å². The van der Waals surface area contributed by atoms with Gasteiger partial charge in [0.2, 0.25) is 0 Å². The number of benzene rings is 4. The fraction of sp³-hybridized carbons (Fsp3) is 0.219. The summed E-state index contributed by atoms with van der Waals surface area (Å²) < 4.78 is 41.5. The summed E-state index contributed by atoms with van der Waals surface area (Å²) in [6, 6.07) is 29.4. The average Bonchev–Trinajstić information content (AvgIpc) is 3.01. The van der Waals surface area contributed by atoms with Gasteiger partial charge < -0.3 is 19.7 Å². The van der Waals surface area contributed by atoms with Crippen molar-refractivity contribution in [3.05, 3.63) is 125 Å². The molecule has 1 aliphatic heterocycles. The molecule has 0 saturated carbocycles. The molecule has 218 valence electrons. The Labute approximate surface area is 249 Å². The van der Waals surface area contributed by atoms with Crippen molar-refractivity contribution in [1.29, 1.82) is 0 Å². The maximum absolute atomic E-state index is 12.9. The molecule has 0 aromatic heterocycles. The summed E-state index contributed by atoms with van der Waals surface area (Å²) in [4.78, 5) is 12.5. The summed E-state index contributed by atoms with van der Waals surface area (Å²) in [5.74, 6) is -0.629. The van der Waals surface area contributed by atoms with E-state index >= 15 is 0 Å². The Balaban J connectivity index is 1.42. The highest BCUT2D eigenvalue weighted by molar-refractivity contribution is 7.99. The molecule has 4 atom stereocenters. The van der Waals surface area contributed by atoms with Gasteiger partial charge in [0.25, 0.3) is 10.0 Å². The van der Waals surface area contributed by atoms with Gasteiger partial charge in [-0.2, -0.15) is 0 Å². The van der Waals surface area contributed by atoms with Crippen molar-refractivity contribution in [3.63, 3.8) is 0 Å². The van der Waals surface area contributed by atoms with Gasteiger partial charge in [-0.3, -0.25) is 4.72 Å². The summed E-state index contributed by atoms with van der Waals surface area (Å²) in [6.07, 6.45) is -1.52. The number of aliphatic hydroxyl groups is 1. The molecule has 10 heteroatoms. The highest BCUT2D eigenvalue weighted by atomic mass is 32.2. The largest absolute Gasteiger partial charge is 0.478 e. The monoisotopic (exact) mass is 605 g/mol. The first-order valence-corrected chi connectivity index (χ1v) is 15.9. The molecule has 0 unspecified atom stereocenters. The number of aliphatic hydroxyl groups excluding tert-OH is 1. The number of carbonyl (C=O) groups is 1. The fourth-order valence-electron chi connectivity index (χ4n) is 4.81. The zero-order chi connectivity index (χ0) is 29.7. The summed E-state index contributed by atoms with van der Waals surface area (Å²) in [6.45, 7) is 1.96. The van der Waals surface area contributed by atoms with Gasteiger partial charge in [-0.15, -0.1) is 11.8 Å². The number of thioether (sulfide) groups is 1. The van der Waals surface area contributed by atoms with Crippen LogP contribution in [0.5, 0.6) is 0 Å². The second kappa shape index (κ2) is 13.1. The van der Waals surface area contributed by atoms with Crippen molar-refractivity contribution in [1.82, 2.24) is 0 Å². The molecule has 8 nitrogen and oxygen atoms in total. The minimum atomic E-state index is -3.79. The third-order valence-corrected chi connectivity index (χ3v) is 9.67. The molecule has 0 radical (unpaired) electrons. The Kier molecular flexibility index (Phi) is 9.30. The van der Waals surface area contributed by atoms with Gasteiger partial charge in [-0.05, 0) is 47.5 Å². The minimum Gasteiger partial charge on any atom is -0.478 e. The number of ether oxygens (including phenoxy) is 2. The molecule has 42 heavy (non-hydrogen) atoms. The number of sulfonamides is 1. The number of rotatable bonds is 10. The maximum Gasteiger partial charge on any atom is 0.336 e. The molecule has 0 spiro atoms. The topological polar surface area (TPSA) is 122 Å². The van der Waals surface area contributed by atoms with Crippen LogP contribution < -0.4 is 4.72 Å². The Bertz CT molecular complexity index is 1630. The molecule has 1 saturated heterocycles. The van der Waals surface area contributed by atoms with E-state index in [4.69, 9.17) is 9.47 Å². The van der Waals surface area contributed by atoms with E-state index in [1.165, 1.54) is 23.9 Å². The Hall–Kier alpha value is -3.67. The van der Waals surface area contributed by atoms with Crippen molar-refractivity contribution in [2.24, 2.45) is 5.92 Å². The first kappa shape index (κ1) is 29.8. The summed E-state index contributed by atoms with van der Waals surface area (Å²) in [5, 5.41) is 19.1. The van der Waals surface area contributed by atoms with E-state index in [1.807, 2.05) is 37.3 Å². The van der Waals surface area contributed by atoms with E-state index in [0.29, 0.717) is 21.9 Å². The van der Waals surface area contributed by atoms with Crippen LogP contribution in [0, 0.1) is 5.92 Å². The molecule has 1 aliphatic rings. The zero-order valence-electron chi connectivity index (χ0n) is 22.8. The second-order valence-electron chi connectivity index (χ2n) is 9.98. The van der Waals surface area contributed by atoms with Crippen molar-refractivity contribution in [3.8, 4) is 0 Å². The number of anilines is 1. The number of nitrogens with one attached hydrogen (secondary N) is 1. The summed E-state index contributed by atoms with van der Waals surface area (Å²) in [7, 11) is -3.79. The molecule has 4 aromatic rings. The molecule has 1 heterocycles. The van der Waals surface area contributed by atoms with E-state index in [2.05, 4.69) is 4.72 Å². The van der Waals surface area contributed by atoms with Crippen LogP contribution >= 0.6 is 11.8 Å². The molecule has 1 fully saturated rings. The Morgan fingerprint density at radius 1 is 0.881 bits per heavy atom. The van der Waals surface area contributed by atoms with Crippen LogP contribution in [0.2, 0.25) is 0 Å². The summed E-state index contributed by atoms with van der Waals surface area (Å²) in [5.41, 5.74) is 2.93. The first-order valence-electron chi connectivity index (χ1n) is 13.4. The lowest BCUT2D eigenvalue weighted by atomic mass is 9.91. The number of hydrogen-bond donors (Lipinski definition) is 3. The lowest BCUT2D eigenvalue weighted by Crippen LogP contribution is -2.38. The Morgan fingerprint density at radius 2 is 1.60 bits per heavy atom. The predicted molar refractivity (Wildman–Crippen MR) is 161 cm³/mol. The fourth-order valence-corrected chi connectivity index (χ4v) is 7.10. The average molecular weight is 606 g/mol. The van der Waals surface area contributed by atoms with Crippen LogP contribution in [0.4, 0.5) is 5.69 Å². The van der Waals surface area contributed by atoms with Crippen molar-refractivity contribution in [2.75, 3.05) is 10.5 Å². The minimum absolute atomic E-state index is 0.0684. The third-order valence-electron chi connectivity index (χ3n) is 7.11. The Morgan fingerprint density at radius 3 is 2.31 bits per heavy atom. The van der Waals surface area contributed by atoms with E-state index < -0.39 is 22.3 Å². The van der Waals surface area contributed by atoms with Gasteiger partial charge in [0.05, 0.1) is 29.3 Å². The van der Waals surface area contributed by atoms with Crippen molar-refractivity contribution >= 4 is 33.4 Å². The third kappa shape index (κ3) is 6.86. The normalized spacial score (nSPS) is 20.6. The highest BCUT2D eigenvalue weighted by Crippen LogP contribution is 2.43. The smallest absolute Gasteiger partial charge is 0.336 e. The van der Waals surface area contributed by atoms with Crippen LogP contribution in [0.25, 0.3) is 0 Å². The molecule has 4 aromatic carbocycles. The molecular formula is C32H31NO7S2. The van der Waals surface area contributed by atoms with Gasteiger partial charge in [0.1, 0.15) is 0 Å². The molecule has 3 N–H and O–H groups in total. The summed E-state index contributed by atoms with van der Waals surface area (Å²) >= 11 is 1.41. The van der Waals surface area contributed by atoms with Crippen molar-refractivity contribution < 1.29 is 32.9 Å². The van der Waals surface area contributed by atoms with Gasteiger partial charge in [-0.25, -0.2) is 13.2 Å². The lowest BCUT2D eigenvalue weighted by Gasteiger charge is -2.41. The molecule has 0 aliphatic carbocycles. The maximum atomic E-state index is 12.9. The molecular weight excluding hydrogens is 574 g/mol. The van der Waals surface area contributed by atoms with Gasteiger partial charge >= 0.3 is 5.97 Å². The predicted octanol–water partition coefficient (Wildman–Crippen LogP) is 6.26. The van der Waals surface area contributed by atoms with E-state index in [0.717, 1.165) is 11.1 Å². The highest BCUT2D eigenvalue weighted by Gasteiger charge is 2.38. The van der Waals surface area contributed by atoms with Gasteiger partial charge in [0, 0.05) is 27.8 Å². The number of carboxylic acids is 1. The standard InChI is InChI=1S/C32H31NO7S2/c1-21-28(20-41-29-13-6-5-12-27(29)31(35)36)39-32(40-30(21)23-16-14-22(19-34)15-17-23)24-8-7-9-25(18-24)33-42(37,38)26-10-3-2-4-11-26/h2-18,21,28,30,32-34H,19-20H2,1H3,(H,35,36)/t21-,28+,30+,32+/m1/s1. The first-order chi connectivity index (χ1) is 20.2. The SMILES string of the molecule is C[C@@H]1[C@H](CSc2ccccc2C(=O)O)O[C@H](c2cccc(NS(=O)(=O)c3ccccc3)c2)O[C@@H]1c1ccc(CO)cc1. The van der Waals surface area contributed by atoms with Crippen molar-refractivity contribution in [2.45, 2.75) is 41.8 Å². The van der Waals surface area contributed by atoms with E-state index in [1.54, 1.807) is 60.7 Å². The van der Waals surface area contributed by atoms with Crippen LogP contribution in [0.15, 0.2) is 113 Å². The second-order valence-corrected chi connectivity index (χ2v) is 12.7. The van der Waals surface area contributed by atoms with Crippen LogP contribution in [0.1, 0.15) is 46.4 Å². The van der Waals surface area contributed by atoms with Gasteiger partial charge in [-0.1, -0.05) is 73.7 Å². The molecule has 0 amide bonds. The quantitative estimate of drug-likeness (QED) is 0.181. The van der Waals surface area contributed by atoms with Crippen LogP contribution in [0.3, 0.4) is 0 Å². The number of aromatic carboxylic acids is 1. The molecule has 5 rings (SSSR count). The van der Waals surface area contributed by atoms with E-state index in [9.17, 15) is 23.4 Å². The zero-order valence-corrected chi connectivity index (χ0v) is 24.4.